The molecule has 1 unspecified atom stereocenters. The second-order valence-electron chi connectivity index (χ2n) is 6.91. The topological polar surface area (TPSA) is 0 Å². The van der Waals surface area contributed by atoms with Crippen LogP contribution in [-0.2, 0) is 6.16 Å². The molecule has 1 aliphatic rings. The molecule has 3 aromatic carbocycles. The monoisotopic (exact) mass is 410 g/mol. The van der Waals surface area contributed by atoms with Crippen molar-refractivity contribution in [2.75, 3.05) is 6.16 Å². The van der Waals surface area contributed by atoms with Gasteiger partial charge in [0, 0.05) is 0 Å². The van der Waals surface area contributed by atoms with Crippen molar-refractivity contribution in [1.82, 2.24) is 0 Å². The van der Waals surface area contributed by atoms with Gasteiger partial charge in [0.15, 0.2) is 0 Å². The number of fused-ring (bicyclic) bond motifs is 1. The van der Waals surface area contributed by atoms with Crippen molar-refractivity contribution in [1.29, 1.82) is 0 Å². The van der Waals surface area contributed by atoms with E-state index in [4.69, 9.17) is 0 Å². The summed E-state index contributed by atoms with van der Waals surface area (Å²) < 4.78 is 0. The van der Waals surface area contributed by atoms with E-state index in [0.29, 0.717) is 5.92 Å². The fourth-order valence-corrected chi connectivity index (χ4v) is 8.64. The van der Waals surface area contributed by atoms with Crippen molar-refractivity contribution in [3.8, 4) is 0 Å². The smallest absolute Gasteiger partial charge is 0.0995 e. The lowest BCUT2D eigenvalue weighted by Gasteiger charge is -2.26. The minimum Gasteiger partial charge on any atom is -1.00 e. The quantitative estimate of drug-likeness (QED) is 0.569. The maximum absolute atomic E-state index is 2.40. The van der Waals surface area contributed by atoms with Crippen molar-refractivity contribution in [3.05, 3.63) is 96.1 Å². The Bertz CT molecular complexity index is 774. The molecule has 0 fully saturated rings. The molecule has 0 radical (unpaired) electrons. The molecule has 0 saturated heterocycles. The van der Waals surface area contributed by atoms with Gasteiger partial charge >= 0.3 is 0 Å². The Labute approximate surface area is 162 Å². The third-order valence-corrected chi connectivity index (χ3v) is 9.95. The van der Waals surface area contributed by atoms with Crippen LogP contribution >= 0.6 is 7.26 Å². The molecule has 0 bridgehead atoms. The van der Waals surface area contributed by atoms with Gasteiger partial charge in [0.1, 0.15) is 0 Å². The predicted octanol–water partition coefficient (Wildman–Crippen LogP) is 2.37. The lowest BCUT2D eigenvalue weighted by molar-refractivity contribution is -0.00000479. The van der Waals surface area contributed by atoms with Gasteiger partial charge in [-0.3, -0.25) is 0 Å². The van der Waals surface area contributed by atoms with Gasteiger partial charge in [-0.15, -0.1) is 0 Å². The molecule has 25 heavy (non-hydrogen) atoms. The lowest BCUT2D eigenvalue weighted by atomic mass is 9.95. The van der Waals surface area contributed by atoms with Crippen LogP contribution in [0.3, 0.4) is 0 Å². The van der Waals surface area contributed by atoms with Crippen LogP contribution in [-0.4, -0.2) is 6.16 Å². The predicted molar refractivity (Wildman–Crippen MR) is 107 cm³/mol. The maximum Gasteiger partial charge on any atom is 0.0995 e. The fourth-order valence-electron chi connectivity index (χ4n) is 4.11. The van der Waals surface area contributed by atoms with Crippen LogP contribution in [0.2, 0.25) is 0 Å². The molecular weight excluding hydrogens is 387 g/mol. The SMILES string of the molecule is CC1CC[P+](c2ccccc2)(c2ccccc2)Cc2ccccc21.[Br-]. The van der Waals surface area contributed by atoms with Crippen molar-refractivity contribution in [2.24, 2.45) is 0 Å². The lowest BCUT2D eigenvalue weighted by Crippen LogP contribution is -3.00. The van der Waals surface area contributed by atoms with E-state index < -0.39 is 7.26 Å². The zero-order valence-corrected chi connectivity index (χ0v) is 17.1. The summed E-state index contributed by atoms with van der Waals surface area (Å²) in [5, 5.41) is 3.11. The largest absolute Gasteiger partial charge is 1.00 e. The summed E-state index contributed by atoms with van der Waals surface area (Å²) in [7, 11) is -1.41. The van der Waals surface area contributed by atoms with Gasteiger partial charge in [0.25, 0.3) is 0 Å². The molecule has 0 N–H and O–H groups in total. The average Bonchev–Trinajstić information content (AvgIpc) is 2.81. The fraction of sp³-hybridized carbons (Fsp3) is 0.217. The third kappa shape index (κ3) is 3.46. The van der Waals surface area contributed by atoms with E-state index in [1.165, 1.54) is 18.7 Å². The van der Waals surface area contributed by atoms with E-state index >= 15 is 0 Å². The maximum atomic E-state index is 2.40. The van der Waals surface area contributed by atoms with E-state index in [-0.39, 0.29) is 17.0 Å². The van der Waals surface area contributed by atoms with E-state index in [0.717, 1.165) is 0 Å². The van der Waals surface area contributed by atoms with Crippen LogP contribution in [0.25, 0.3) is 0 Å². The van der Waals surface area contributed by atoms with Crippen LogP contribution in [0.15, 0.2) is 84.9 Å². The molecule has 0 aromatic heterocycles. The molecule has 0 aliphatic carbocycles. The standard InChI is InChI=1S/C23H24P.BrH/c1-19-16-17-24(21-11-4-2-5-12-21,22-13-6-3-7-14-22)18-20-10-8-9-15-23(19)20;/h2-15,19H,16-18H2,1H3;1H/q+1;/p-1. The van der Waals surface area contributed by atoms with Gasteiger partial charge in [0.2, 0.25) is 0 Å². The zero-order chi connectivity index (χ0) is 16.4. The van der Waals surface area contributed by atoms with Gasteiger partial charge in [-0.1, -0.05) is 67.6 Å². The number of hydrogen-bond acceptors (Lipinski definition) is 0. The summed E-state index contributed by atoms with van der Waals surface area (Å²) in [6, 6.07) is 31.7. The molecule has 0 nitrogen and oxygen atoms in total. The van der Waals surface area contributed by atoms with Crippen molar-refractivity contribution in [3.63, 3.8) is 0 Å². The molecule has 1 aliphatic heterocycles. The van der Waals surface area contributed by atoms with Crippen LogP contribution in [0.4, 0.5) is 0 Å². The molecule has 3 aromatic rings. The number of rotatable bonds is 2. The second-order valence-corrected chi connectivity index (χ2v) is 10.6. The van der Waals surface area contributed by atoms with Crippen LogP contribution < -0.4 is 27.6 Å². The first kappa shape index (κ1) is 18.4. The number of hydrogen-bond donors (Lipinski definition) is 0. The molecule has 2 heteroatoms. The Kier molecular flexibility index (Phi) is 5.77. The zero-order valence-electron chi connectivity index (χ0n) is 14.6. The third-order valence-electron chi connectivity index (χ3n) is 5.47. The Hall–Kier alpha value is -1.43. The highest BCUT2D eigenvalue weighted by molar-refractivity contribution is 7.88. The summed E-state index contributed by atoms with van der Waals surface area (Å²) in [6.07, 6.45) is 3.77. The Morgan fingerprint density at radius 2 is 1.24 bits per heavy atom. The second kappa shape index (κ2) is 7.85. The molecule has 1 atom stereocenters. The highest BCUT2D eigenvalue weighted by Gasteiger charge is 2.45. The van der Waals surface area contributed by atoms with E-state index in [1.54, 1.807) is 21.7 Å². The van der Waals surface area contributed by atoms with Crippen molar-refractivity contribution >= 4 is 17.9 Å². The van der Waals surface area contributed by atoms with E-state index in [9.17, 15) is 0 Å². The van der Waals surface area contributed by atoms with Crippen molar-refractivity contribution < 1.29 is 17.0 Å². The number of benzene rings is 3. The summed E-state index contributed by atoms with van der Waals surface area (Å²) in [4.78, 5) is 0. The first-order valence-electron chi connectivity index (χ1n) is 8.86. The van der Waals surface area contributed by atoms with Gasteiger partial charge < -0.3 is 17.0 Å². The van der Waals surface area contributed by atoms with Crippen LogP contribution in [0, 0.1) is 0 Å². The summed E-state index contributed by atoms with van der Waals surface area (Å²) in [5.74, 6) is 0.649. The van der Waals surface area contributed by atoms with E-state index in [1.807, 2.05) is 0 Å². The molecule has 0 saturated carbocycles. The summed E-state index contributed by atoms with van der Waals surface area (Å²) in [6.45, 7) is 2.40. The van der Waals surface area contributed by atoms with Crippen LogP contribution in [0.1, 0.15) is 30.4 Å². The Balaban J connectivity index is 0.00000182. The molecule has 1 heterocycles. The summed E-state index contributed by atoms with van der Waals surface area (Å²) >= 11 is 0. The highest BCUT2D eigenvalue weighted by Crippen LogP contribution is 2.62. The van der Waals surface area contributed by atoms with Gasteiger partial charge in [0.05, 0.1) is 30.2 Å². The molecular formula is C23H24BrP. The van der Waals surface area contributed by atoms with Gasteiger partial charge in [-0.05, 0) is 47.7 Å². The Morgan fingerprint density at radius 1 is 0.720 bits per heavy atom. The molecule has 0 amide bonds. The normalized spacial score (nSPS) is 18.5. The first-order chi connectivity index (χ1) is 11.8. The van der Waals surface area contributed by atoms with Gasteiger partial charge in [-0.25, -0.2) is 0 Å². The van der Waals surface area contributed by atoms with Crippen molar-refractivity contribution in [2.45, 2.75) is 25.4 Å². The first-order valence-corrected chi connectivity index (χ1v) is 11.0. The van der Waals surface area contributed by atoms with Crippen LogP contribution in [0.5, 0.6) is 0 Å². The average molecular weight is 411 g/mol. The minimum atomic E-state index is -1.41. The molecule has 4 rings (SSSR count). The Morgan fingerprint density at radius 3 is 1.84 bits per heavy atom. The minimum absolute atomic E-state index is 0. The van der Waals surface area contributed by atoms with Gasteiger partial charge in [-0.2, -0.15) is 0 Å². The number of halogens is 1. The molecule has 128 valence electrons. The highest BCUT2D eigenvalue weighted by atomic mass is 79.9. The van der Waals surface area contributed by atoms with E-state index in [2.05, 4.69) is 91.9 Å². The molecule has 0 spiro atoms. The summed E-state index contributed by atoms with van der Waals surface area (Å²) in [5.41, 5.74) is 3.12.